The van der Waals surface area contributed by atoms with Crippen LogP contribution in [0.25, 0.3) is 0 Å². The Labute approximate surface area is 220 Å². The maximum absolute atomic E-state index is 14.5. The van der Waals surface area contributed by atoms with Crippen molar-refractivity contribution in [2.24, 2.45) is 10.8 Å². The van der Waals surface area contributed by atoms with E-state index in [9.17, 15) is 45.0 Å². The minimum atomic E-state index is -6.63. The van der Waals surface area contributed by atoms with Gasteiger partial charge in [0, 0.05) is 28.8 Å². The standard InChI is InChI=1S/C21H22F8N6O3S/c1-18(2,37)9-32-17(34-30)39-14-5-4-11(35-38-3)7-12(14)16(36)33-15-13(22)6-10(8-31-15)19(23,24)20(25,26)21(27,28)29/h4-8,35,37H,9,30H2,1-3H3,(H,32,34)(H,31,33,36)/p+1. The number of anilines is 1. The highest BCUT2D eigenvalue weighted by atomic mass is 32.2. The molecule has 1 aromatic carbocycles. The number of aromatic nitrogens is 1. The number of aliphatic imine (C=N–C) groups is 1. The van der Waals surface area contributed by atoms with E-state index in [1.54, 1.807) is 0 Å². The number of hydrogen-bond donors (Lipinski definition) is 5. The van der Waals surface area contributed by atoms with Gasteiger partial charge in [0.1, 0.15) is 0 Å². The SMILES string of the molecule is CO[NH2+]c1ccc(SC(=NCC(C)(C)O)NN)c(C(=O)Nc2ncc(C(F)(F)C(F)(F)C(F)(F)F)cc2F)c1. The van der Waals surface area contributed by atoms with Crippen LogP contribution < -0.4 is 22.1 Å². The van der Waals surface area contributed by atoms with Crippen molar-refractivity contribution in [2.75, 3.05) is 19.0 Å². The summed E-state index contributed by atoms with van der Waals surface area (Å²) in [7, 11) is 1.32. The molecule has 216 valence electrons. The third kappa shape index (κ3) is 7.75. The Kier molecular flexibility index (Phi) is 9.88. The first-order valence-corrected chi connectivity index (χ1v) is 11.4. The zero-order chi connectivity index (χ0) is 29.8. The van der Waals surface area contributed by atoms with Gasteiger partial charge in [0.05, 0.1) is 24.8 Å². The fraction of sp³-hybridized carbons (Fsp3) is 0.381. The summed E-state index contributed by atoms with van der Waals surface area (Å²) in [4.78, 5) is 25.2. The second-order valence-corrected chi connectivity index (χ2v) is 9.48. The van der Waals surface area contributed by atoms with Crippen molar-refractivity contribution in [3.63, 3.8) is 0 Å². The van der Waals surface area contributed by atoms with Crippen LogP contribution in [0.3, 0.4) is 0 Å². The fourth-order valence-electron chi connectivity index (χ4n) is 2.74. The Morgan fingerprint density at radius 1 is 1.18 bits per heavy atom. The summed E-state index contributed by atoms with van der Waals surface area (Å²) in [5.74, 6) is -10.8. The molecule has 18 heteroatoms. The molecule has 0 fully saturated rings. The van der Waals surface area contributed by atoms with Crippen molar-refractivity contribution < 1.29 is 55.3 Å². The second-order valence-electron chi connectivity index (χ2n) is 8.44. The minimum Gasteiger partial charge on any atom is -0.389 e. The molecule has 0 aliphatic carbocycles. The number of rotatable bonds is 9. The number of amides is 1. The lowest BCUT2D eigenvalue weighted by Crippen LogP contribution is -2.76. The molecule has 0 saturated carbocycles. The number of nitrogens with one attached hydrogen (secondary N) is 2. The van der Waals surface area contributed by atoms with Crippen LogP contribution in [-0.4, -0.2) is 52.5 Å². The minimum absolute atomic E-state index is 0.0520. The Balaban J connectivity index is 2.42. The van der Waals surface area contributed by atoms with E-state index in [4.69, 9.17) is 10.7 Å². The first-order valence-electron chi connectivity index (χ1n) is 10.5. The number of alkyl halides is 7. The number of aliphatic hydroxyl groups is 1. The zero-order valence-electron chi connectivity index (χ0n) is 20.3. The highest BCUT2D eigenvalue weighted by Gasteiger charge is 2.73. The molecule has 0 saturated heterocycles. The third-order valence-corrected chi connectivity index (χ3v) is 5.64. The molecule has 0 aliphatic rings. The number of pyridine rings is 1. The summed E-state index contributed by atoms with van der Waals surface area (Å²) < 4.78 is 106. The Morgan fingerprint density at radius 2 is 1.82 bits per heavy atom. The number of benzene rings is 1. The largest absolute Gasteiger partial charge is 0.460 e. The maximum Gasteiger partial charge on any atom is 0.460 e. The molecule has 0 atom stereocenters. The van der Waals surface area contributed by atoms with Gasteiger partial charge in [0.2, 0.25) is 0 Å². The number of thioether (sulfide) groups is 1. The van der Waals surface area contributed by atoms with Crippen LogP contribution in [0.1, 0.15) is 29.8 Å². The van der Waals surface area contributed by atoms with E-state index in [0.717, 1.165) is 11.8 Å². The quantitative estimate of drug-likeness (QED) is 0.0575. The van der Waals surface area contributed by atoms with Crippen LogP contribution in [0.15, 0.2) is 40.4 Å². The molecule has 1 amide bonds. The zero-order valence-corrected chi connectivity index (χ0v) is 21.2. The molecule has 0 radical (unpaired) electrons. The van der Waals surface area contributed by atoms with E-state index in [0.29, 0.717) is 5.69 Å². The van der Waals surface area contributed by atoms with Gasteiger partial charge in [0.25, 0.3) is 5.91 Å². The van der Waals surface area contributed by atoms with Gasteiger partial charge in [-0.25, -0.2) is 20.1 Å². The summed E-state index contributed by atoms with van der Waals surface area (Å²) in [5.41, 5.74) is 0.445. The summed E-state index contributed by atoms with van der Waals surface area (Å²) in [6.45, 7) is 2.88. The molecule has 39 heavy (non-hydrogen) atoms. The van der Waals surface area contributed by atoms with E-state index in [1.165, 1.54) is 44.6 Å². The second kappa shape index (κ2) is 12.0. The Bertz CT molecular complexity index is 1220. The number of halogens is 8. The number of quaternary nitrogens is 1. The van der Waals surface area contributed by atoms with Crippen LogP contribution in [-0.2, 0) is 10.8 Å². The Hall–Kier alpha value is -3.06. The number of nitrogens with two attached hydrogens (primary N) is 2. The van der Waals surface area contributed by atoms with Gasteiger partial charge in [-0.15, -0.1) is 0 Å². The lowest BCUT2D eigenvalue weighted by molar-refractivity contribution is -0.830. The number of nitrogens with zero attached hydrogens (tertiary/aromatic N) is 2. The van der Waals surface area contributed by atoms with Crippen LogP contribution in [0.5, 0.6) is 0 Å². The van der Waals surface area contributed by atoms with Gasteiger partial charge >= 0.3 is 18.0 Å². The first kappa shape index (κ1) is 32.2. The van der Waals surface area contributed by atoms with Gasteiger partial charge in [-0.3, -0.25) is 9.79 Å². The molecule has 7 N–H and O–H groups in total. The van der Waals surface area contributed by atoms with E-state index in [-0.39, 0.29) is 34.4 Å². The molecule has 9 nitrogen and oxygen atoms in total. The van der Waals surface area contributed by atoms with Crippen molar-refractivity contribution in [3.05, 3.63) is 47.4 Å². The van der Waals surface area contributed by atoms with Crippen LogP contribution in [0, 0.1) is 5.82 Å². The predicted molar refractivity (Wildman–Crippen MR) is 124 cm³/mol. The van der Waals surface area contributed by atoms with Crippen molar-refractivity contribution in [2.45, 2.75) is 42.4 Å². The number of hydrogen-bond acceptors (Lipinski definition) is 7. The average molecular weight is 592 g/mol. The molecular weight excluding hydrogens is 568 g/mol. The molecule has 0 unspecified atom stereocenters. The molecule has 0 spiro atoms. The lowest BCUT2D eigenvalue weighted by Gasteiger charge is -2.28. The molecule has 1 heterocycles. The fourth-order valence-corrected chi connectivity index (χ4v) is 3.53. The topological polar surface area (TPSA) is 138 Å². The molecule has 2 rings (SSSR count). The van der Waals surface area contributed by atoms with Crippen molar-refractivity contribution >= 4 is 34.3 Å². The van der Waals surface area contributed by atoms with Crippen LogP contribution >= 0.6 is 11.8 Å². The van der Waals surface area contributed by atoms with Crippen molar-refractivity contribution in [1.82, 2.24) is 10.4 Å². The van der Waals surface area contributed by atoms with Gasteiger partial charge in [-0.1, -0.05) is 11.8 Å². The molecule has 2 aromatic rings. The third-order valence-electron chi connectivity index (χ3n) is 4.63. The predicted octanol–water partition coefficient (Wildman–Crippen LogP) is 3.20. The lowest BCUT2D eigenvalue weighted by atomic mass is 10.0. The smallest absolute Gasteiger partial charge is 0.389 e. The van der Waals surface area contributed by atoms with Gasteiger partial charge in [-0.05, 0) is 26.0 Å². The van der Waals surface area contributed by atoms with E-state index >= 15 is 0 Å². The number of carbonyl (C=O) groups is 1. The Morgan fingerprint density at radius 3 is 2.33 bits per heavy atom. The molecule has 0 aliphatic heterocycles. The number of hydrazine groups is 1. The number of amidine groups is 1. The molecular formula is C21H23F8N6O3S+. The van der Waals surface area contributed by atoms with Gasteiger partial charge in [-0.2, -0.15) is 36.2 Å². The first-order chi connectivity index (χ1) is 17.8. The summed E-state index contributed by atoms with van der Waals surface area (Å²) >= 11 is 0.821. The van der Waals surface area contributed by atoms with E-state index in [1.807, 2.05) is 5.32 Å². The highest BCUT2D eigenvalue weighted by molar-refractivity contribution is 8.13. The normalized spacial score (nSPS) is 13.4. The molecule has 0 bridgehead atoms. The monoisotopic (exact) mass is 591 g/mol. The van der Waals surface area contributed by atoms with E-state index in [2.05, 4.69) is 15.4 Å². The van der Waals surface area contributed by atoms with Crippen LogP contribution in [0.2, 0.25) is 0 Å². The summed E-state index contributed by atoms with van der Waals surface area (Å²) in [5, 5.41) is 11.9. The molecule has 1 aromatic heterocycles. The van der Waals surface area contributed by atoms with Crippen molar-refractivity contribution in [1.29, 1.82) is 0 Å². The summed E-state index contributed by atoms with van der Waals surface area (Å²) in [6, 6.07) is 3.93. The van der Waals surface area contributed by atoms with Crippen LogP contribution in [0.4, 0.5) is 46.6 Å². The van der Waals surface area contributed by atoms with Gasteiger partial charge in [0.15, 0.2) is 22.5 Å². The van der Waals surface area contributed by atoms with E-state index < -0.39 is 46.7 Å². The summed E-state index contributed by atoms with van der Waals surface area (Å²) in [6.07, 6.45) is -6.74. The van der Waals surface area contributed by atoms with Crippen molar-refractivity contribution in [3.8, 4) is 0 Å². The maximum atomic E-state index is 14.5. The highest BCUT2D eigenvalue weighted by Crippen LogP contribution is 2.51. The number of carbonyl (C=O) groups excluding carboxylic acids is 1. The average Bonchev–Trinajstić information content (AvgIpc) is 2.82. The van der Waals surface area contributed by atoms with Gasteiger partial charge < -0.3 is 15.8 Å².